The van der Waals surface area contributed by atoms with Crippen LogP contribution in [0.2, 0.25) is 0 Å². The minimum atomic E-state index is 0.127. The Hall–Kier alpha value is -2.23. The molecule has 0 saturated heterocycles. The Morgan fingerprint density at radius 2 is 1.88 bits per heavy atom. The van der Waals surface area contributed by atoms with Crippen molar-refractivity contribution in [3.05, 3.63) is 48.2 Å². The number of nitrogens with zero attached hydrogens (tertiary/aromatic N) is 1. The van der Waals surface area contributed by atoms with Gasteiger partial charge in [-0.3, -0.25) is 0 Å². The zero-order chi connectivity index (χ0) is 12.1. The molecule has 0 aliphatic heterocycles. The van der Waals surface area contributed by atoms with E-state index in [4.69, 9.17) is 14.6 Å². The highest BCUT2D eigenvalue weighted by Gasteiger charge is 1.98. The molecule has 88 valence electrons. The fourth-order valence-corrected chi connectivity index (χ4v) is 1.34. The molecule has 1 N–H and O–H groups in total. The summed E-state index contributed by atoms with van der Waals surface area (Å²) in [4.78, 5) is 3.93. The van der Waals surface area contributed by atoms with Crippen molar-refractivity contribution in [2.75, 3.05) is 7.11 Å². The maximum atomic E-state index is 9.07. The minimum Gasteiger partial charge on any atom is -0.506 e. The number of rotatable bonds is 4. The van der Waals surface area contributed by atoms with Gasteiger partial charge in [-0.25, -0.2) is 4.98 Å². The van der Waals surface area contributed by atoms with E-state index in [1.807, 2.05) is 24.3 Å². The van der Waals surface area contributed by atoms with Gasteiger partial charge in [-0.1, -0.05) is 12.1 Å². The average molecular weight is 231 g/mol. The SMILES string of the molecule is COc1ccc(COc2ccc(O)cn2)cc1. The van der Waals surface area contributed by atoms with Gasteiger partial charge >= 0.3 is 0 Å². The van der Waals surface area contributed by atoms with Crippen LogP contribution in [0.5, 0.6) is 17.4 Å². The van der Waals surface area contributed by atoms with Crippen LogP contribution >= 0.6 is 0 Å². The topological polar surface area (TPSA) is 51.6 Å². The molecule has 17 heavy (non-hydrogen) atoms. The predicted octanol–water partition coefficient (Wildman–Crippen LogP) is 2.37. The van der Waals surface area contributed by atoms with Crippen molar-refractivity contribution in [2.45, 2.75) is 6.61 Å². The minimum absolute atomic E-state index is 0.127. The monoisotopic (exact) mass is 231 g/mol. The van der Waals surface area contributed by atoms with E-state index in [9.17, 15) is 0 Å². The zero-order valence-electron chi connectivity index (χ0n) is 9.46. The molecule has 2 rings (SSSR count). The number of methoxy groups -OCH3 is 1. The molecule has 0 atom stereocenters. The molecule has 1 aromatic heterocycles. The summed E-state index contributed by atoms with van der Waals surface area (Å²) in [5, 5.41) is 9.07. The van der Waals surface area contributed by atoms with Crippen LogP contribution in [-0.2, 0) is 6.61 Å². The van der Waals surface area contributed by atoms with Gasteiger partial charge in [0.2, 0.25) is 5.88 Å². The second-order valence-corrected chi connectivity index (χ2v) is 3.49. The van der Waals surface area contributed by atoms with E-state index in [-0.39, 0.29) is 5.75 Å². The molecule has 0 amide bonds. The summed E-state index contributed by atoms with van der Waals surface area (Å²) in [5.74, 6) is 1.43. The van der Waals surface area contributed by atoms with Crippen LogP contribution in [-0.4, -0.2) is 17.2 Å². The number of pyridine rings is 1. The Morgan fingerprint density at radius 3 is 2.47 bits per heavy atom. The molecule has 2 aromatic rings. The van der Waals surface area contributed by atoms with Gasteiger partial charge in [0.05, 0.1) is 13.3 Å². The van der Waals surface area contributed by atoms with Crippen LogP contribution in [0.1, 0.15) is 5.56 Å². The normalized spacial score (nSPS) is 9.94. The number of hydrogen-bond donors (Lipinski definition) is 1. The number of hydrogen-bond acceptors (Lipinski definition) is 4. The first-order valence-electron chi connectivity index (χ1n) is 5.18. The van der Waals surface area contributed by atoms with Gasteiger partial charge in [0.1, 0.15) is 18.1 Å². The first-order chi connectivity index (χ1) is 8.28. The van der Waals surface area contributed by atoms with Crippen LogP contribution < -0.4 is 9.47 Å². The Kier molecular flexibility index (Phi) is 3.45. The third kappa shape index (κ3) is 3.11. The van der Waals surface area contributed by atoms with Gasteiger partial charge in [-0.15, -0.1) is 0 Å². The predicted molar refractivity (Wildman–Crippen MR) is 63.2 cm³/mol. The van der Waals surface area contributed by atoms with Gasteiger partial charge in [0.25, 0.3) is 0 Å². The van der Waals surface area contributed by atoms with E-state index >= 15 is 0 Å². The Bertz CT molecular complexity index is 465. The van der Waals surface area contributed by atoms with E-state index in [0.29, 0.717) is 12.5 Å². The molecule has 0 aliphatic carbocycles. The maximum absolute atomic E-state index is 9.07. The summed E-state index contributed by atoms with van der Waals surface area (Å²) in [6.07, 6.45) is 1.35. The van der Waals surface area contributed by atoms with Gasteiger partial charge in [-0.2, -0.15) is 0 Å². The summed E-state index contributed by atoms with van der Waals surface area (Å²) < 4.78 is 10.5. The lowest BCUT2D eigenvalue weighted by molar-refractivity contribution is 0.292. The molecule has 0 saturated carbocycles. The first kappa shape index (κ1) is 11.3. The largest absolute Gasteiger partial charge is 0.506 e. The molecule has 4 heteroatoms. The molecular weight excluding hydrogens is 218 g/mol. The Morgan fingerprint density at radius 1 is 1.12 bits per heavy atom. The molecule has 0 spiro atoms. The lowest BCUT2D eigenvalue weighted by atomic mass is 10.2. The second kappa shape index (κ2) is 5.21. The van der Waals surface area contributed by atoms with Crippen molar-refractivity contribution in [3.8, 4) is 17.4 Å². The molecule has 0 fully saturated rings. The zero-order valence-corrected chi connectivity index (χ0v) is 9.46. The second-order valence-electron chi connectivity index (χ2n) is 3.49. The summed E-state index contributed by atoms with van der Waals surface area (Å²) in [5.41, 5.74) is 1.03. The molecule has 0 bridgehead atoms. The Labute approximate surface area is 99.5 Å². The van der Waals surface area contributed by atoms with Crippen molar-refractivity contribution in [3.63, 3.8) is 0 Å². The van der Waals surface area contributed by atoms with Crippen LogP contribution in [0.25, 0.3) is 0 Å². The quantitative estimate of drug-likeness (QED) is 0.877. The van der Waals surface area contributed by atoms with Gasteiger partial charge in [-0.05, 0) is 23.8 Å². The van der Waals surface area contributed by atoms with E-state index in [0.717, 1.165) is 11.3 Å². The third-order valence-corrected chi connectivity index (χ3v) is 2.27. The van der Waals surface area contributed by atoms with Crippen molar-refractivity contribution in [2.24, 2.45) is 0 Å². The van der Waals surface area contributed by atoms with Crippen LogP contribution in [0.3, 0.4) is 0 Å². The van der Waals surface area contributed by atoms with Gasteiger partial charge < -0.3 is 14.6 Å². The molecular formula is C13H13NO3. The number of aromatic hydroxyl groups is 1. The molecule has 0 radical (unpaired) electrons. The van der Waals surface area contributed by atoms with Crippen LogP contribution in [0.15, 0.2) is 42.6 Å². The molecule has 1 aromatic carbocycles. The van der Waals surface area contributed by atoms with E-state index in [1.54, 1.807) is 13.2 Å². The lowest BCUT2D eigenvalue weighted by Crippen LogP contribution is -1.96. The third-order valence-electron chi connectivity index (χ3n) is 2.27. The fraction of sp³-hybridized carbons (Fsp3) is 0.154. The van der Waals surface area contributed by atoms with Crippen molar-refractivity contribution < 1.29 is 14.6 Å². The first-order valence-corrected chi connectivity index (χ1v) is 5.18. The number of benzene rings is 1. The van der Waals surface area contributed by atoms with Crippen molar-refractivity contribution in [1.29, 1.82) is 0 Å². The lowest BCUT2D eigenvalue weighted by Gasteiger charge is -2.06. The Balaban J connectivity index is 1.95. The van der Waals surface area contributed by atoms with Crippen molar-refractivity contribution >= 4 is 0 Å². The highest BCUT2D eigenvalue weighted by atomic mass is 16.5. The highest BCUT2D eigenvalue weighted by Crippen LogP contribution is 2.15. The maximum Gasteiger partial charge on any atom is 0.213 e. The van der Waals surface area contributed by atoms with E-state index in [2.05, 4.69) is 4.98 Å². The molecule has 0 unspecified atom stereocenters. The van der Waals surface area contributed by atoms with Gasteiger partial charge in [0, 0.05) is 6.07 Å². The highest BCUT2D eigenvalue weighted by molar-refractivity contribution is 5.27. The molecule has 4 nitrogen and oxygen atoms in total. The smallest absolute Gasteiger partial charge is 0.213 e. The standard InChI is InChI=1S/C13H13NO3/c1-16-12-5-2-10(3-6-12)9-17-13-7-4-11(15)8-14-13/h2-8,15H,9H2,1H3. The number of ether oxygens (including phenoxy) is 2. The summed E-state index contributed by atoms with van der Waals surface area (Å²) in [7, 11) is 1.63. The van der Waals surface area contributed by atoms with Gasteiger partial charge in [0.15, 0.2) is 0 Å². The van der Waals surface area contributed by atoms with Crippen LogP contribution in [0.4, 0.5) is 0 Å². The van der Waals surface area contributed by atoms with E-state index < -0.39 is 0 Å². The molecule has 1 heterocycles. The van der Waals surface area contributed by atoms with Crippen LogP contribution in [0, 0.1) is 0 Å². The fourth-order valence-electron chi connectivity index (χ4n) is 1.34. The summed E-state index contributed by atoms with van der Waals surface area (Å²) in [6, 6.07) is 10.8. The number of aromatic nitrogens is 1. The average Bonchev–Trinajstić information content (AvgIpc) is 2.39. The molecule has 0 aliphatic rings. The summed E-state index contributed by atoms with van der Waals surface area (Å²) in [6.45, 7) is 0.432. The summed E-state index contributed by atoms with van der Waals surface area (Å²) >= 11 is 0. The van der Waals surface area contributed by atoms with Crippen molar-refractivity contribution in [1.82, 2.24) is 4.98 Å². The van der Waals surface area contributed by atoms with E-state index in [1.165, 1.54) is 12.3 Å².